The normalized spacial score (nSPS) is 16.0. The van der Waals surface area contributed by atoms with E-state index in [9.17, 15) is 9.59 Å². The van der Waals surface area contributed by atoms with Crippen LogP contribution in [0.4, 0.5) is 10.8 Å². The van der Waals surface area contributed by atoms with E-state index in [0.717, 1.165) is 41.1 Å². The number of nitrogens with one attached hydrogen (secondary N) is 1. The lowest BCUT2D eigenvalue weighted by atomic mass is 10.1. The molecule has 1 aromatic heterocycles. The lowest BCUT2D eigenvalue weighted by Gasteiger charge is -2.19. The van der Waals surface area contributed by atoms with E-state index in [1.165, 1.54) is 16.9 Å². The third-order valence-electron chi connectivity index (χ3n) is 5.55. The maximum Gasteiger partial charge on any atom is 0.231 e. The van der Waals surface area contributed by atoms with Crippen molar-refractivity contribution >= 4 is 34.0 Å². The van der Waals surface area contributed by atoms with Crippen molar-refractivity contribution in [2.45, 2.75) is 39.5 Å². The second-order valence-corrected chi connectivity index (χ2v) is 9.09. The van der Waals surface area contributed by atoms with Crippen LogP contribution in [0.5, 0.6) is 0 Å². The molecule has 31 heavy (non-hydrogen) atoms. The van der Waals surface area contributed by atoms with Gasteiger partial charge in [-0.2, -0.15) is 0 Å². The second kappa shape index (κ2) is 9.39. The molecule has 1 fully saturated rings. The van der Waals surface area contributed by atoms with Crippen LogP contribution >= 0.6 is 11.3 Å². The van der Waals surface area contributed by atoms with Crippen molar-refractivity contribution in [2.75, 3.05) is 16.8 Å². The zero-order valence-corrected chi connectivity index (χ0v) is 18.6. The molecule has 6 nitrogen and oxygen atoms in total. The van der Waals surface area contributed by atoms with Gasteiger partial charge in [0.25, 0.3) is 0 Å². The van der Waals surface area contributed by atoms with Gasteiger partial charge in [-0.3, -0.25) is 9.59 Å². The summed E-state index contributed by atoms with van der Waals surface area (Å²) in [5.41, 5.74) is 4.32. The Labute approximate surface area is 186 Å². The highest BCUT2D eigenvalue weighted by Gasteiger charge is 2.36. The van der Waals surface area contributed by atoms with E-state index in [1.807, 2.05) is 50.2 Å². The highest BCUT2D eigenvalue weighted by Crippen LogP contribution is 2.29. The number of hydrogen-bond donors (Lipinski definition) is 1. The van der Waals surface area contributed by atoms with Gasteiger partial charge in [-0.05, 0) is 49.4 Å². The molecule has 2 aromatic carbocycles. The zero-order valence-electron chi connectivity index (χ0n) is 17.8. The molecule has 1 saturated heterocycles. The Morgan fingerprint density at radius 1 is 1.13 bits per heavy atom. The summed E-state index contributed by atoms with van der Waals surface area (Å²) in [6.45, 7) is 4.37. The van der Waals surface area contributed by atoms with Crippen LogP contribution in [0.3, 0.4) is 0 Å². The first kappa shape index (κ1) is 21.2. The van der Waals surface area contributed by atoms with Crippen LogP contribution in [0.2, 0.25) is 0 Å². The predicted octanol–water partition coefficient (Wildman–Crippen LogP) is 4.32. The molecule has 3 aromatic rings. The summed E-state index contributed by atoms with van der Waals surface area (Å²) in [7, 11) is 0. The number of anilines is 2. The van der Waals surface area contributed by atoms with Gasteiger partial charge in [0, 0.05) is 25.1 Å². The molecule has 2 heterocycles. The Balaban J connectivity index is 1.31. The molecule has 1 atom stereocenters. The summed E-state index contributed by atoms with van der Waals surface area (Å²) in [5, 5.41) is 12.6. The third-order valence-corrected chi connectivity index (χ3v) is 6.45. The third kappa shape index (κ3) is 5.17. The largest absolute Gasteiger partial charge is 0.311 e. The van der Waals surface area contributed by atoms with Crippen molar-refractivity contribution < 1.29 is 9.59 Å². The van der Waals surface area contributed by atoms with E-state index in [2.05, 4.69) is 27.6 Å². The van der Waals surface area contributed by atoms with Gasteiger partial charge in [-0.1, -0.05) is 53.8 Å². The molecule has 0 spiro atoms. The summed E-state index contributed by atoms with van der Waals surface area (Å²) in [6, 6.07) is 16.4. The fraction of sp³-hybridized carbons (Fsp3) is 0.333. The number of benzene rings is 2. The molecule has 4 rings (SSSR count). The maximum atomic E-state index is 12.7. The Hall–Kier alpha value is -3.06. The van der Waals surface area contributed by atoms with E-state index < -0.39 is 5.92 Å². The molecule has 160 valence electrons. The predicted molar refractivity (Wildman–Crippen MR) is 123 cm³/mol. The molecule has 0 aliphatic carbocycles. The number of aryl methyl sites for hydroxylation is 4. The lowest BCUT2D eigenvalue weighted by Crippen LogP contribution is -2.28. The average molecular weight is 435 g/mol. The Morgan fingerprint density at radius 2 is 1.94 bits per heavy atom. The molecule has 1 N–H and O–H groups in total. The van der Waals surface area contributed by atoms with Crippen LogP contribution in [-0.4, -0.2) is 28.6 Å². The van der Waals surface area contributed by atoms with E-state index in [-0.39, 0.29) is 18.2 Å². The maximum absolute atomic E-state index is 12.7. The average Bonchev–Trinajstić information content (AvgIpc) is 3.37. The number of carbonyl (C=O) groups is 2. The number of nitrogens with zero attached hydrogens (tertiary/aromatic N) is 3. The van der Waals surface area contributed by atoms with E-state index >= 15 is 0 Å². The van der Waals surface area contributed by atoms with Gasteiger partial charge in [0.05, 0.1) is 5.92 Å². The van der Waals surface area contributed by atoms with Crippen LogP contribution in [0.15, 0.2) is 48.5 Å². The van der Waals surface area contributed by atoms with Gasteiger partial charge in [-0.15, -0.1) is 10.2 Å². The zero-order chi connectivity index (χ0) is 21.8. The van der Waals surface area contributed by atoms with Crippen molar-refractivity contribution in [3.05, 3.63) is 70.2 Å². The van der Waals surface area contributed by atoms with Crippen molar-refractivity contribution in [2.24, 2.45) is 5.92 Å². The van der Waals surface area contributed by atoms with Crippen molar-refractivity contribution in [1.29, 1.82) is 0 Å². The molecule has 1 unspecified atom stereocenters. The molecule has 0 bridgehead atoms. The summed E-state index contributed by atoms with van der Waals surface area (Å²) in [5.74, 6) is -0.585. The van der Waals surface area contributed by atoms with Gasteiger partial charge < -0.3 is 10.2 Å². The molecule has 7 heteroatoms. The van der Waals surface area contributed by atoms with Gasteiger partial charge in [0.1, 0.15) is 5.01 Å². The molecule has 0 radical (unpaired) electrons. The Bertz CT molecular complexity index is 1080. The van der Waals surface area contributed by atoms with Crippen LogP contribution in [0, 0.1) is 19.8 Å². The second-order valence-electron chi connectivity index (χ2n) is 8.02. The van der Waals surface area contributed by atoms with Gasteiger partial charge in [-0.25, -0.2) is 0 Å². The van der Waals surface area contributed by atoms with Crippen LogP contribution in [0.25, 0.3) is 0 Å². The standard InChI is InChI=1S/C24H26N4O2S/c1-16-11-12-17(2)20(13-16)28-15-19(14-22(28)29)23(30)25-24-27-26-21(31-24)10-6-9-18-7-4-3-5-8-18/h3-5,7-8,11-13,19H,6,9-10,14-15H2,1-2H3,(H,25,27,30). The SMILES string of the molecule is Cc1ccc(C)c(N2CC(C(=O)Nc3nnc(CCCc4ccccc4)s3)CC2=O)c1. The minimum atomic E-state index is -0.391. The quantitative estimate of drug-likeness (QED) is 0.601. The molecule has 1 aliphatic rings. The minimum absolute atomic E-state index is 0.0206. The monoisotopic (exact) mass is 434 g/mol. The number of aromatic nitrogens is 2. The number of hydrogen-bond acceptors (Lipinski definition) is 5. The van der Waals surface area contributed by atoms with Crippen molar-refractivity contribution in [3.8, 4) is 0 Å². The fourth-order valence-corrected chi connectivity index (χ4v) is 4.61. The lowest BCUT2D eigenvalue weighted by molar-refractivity contribution is -0.122. The van der Waals surface area contributed by atoms with Gasteiger partial charge in [0.2, 0.25) is 16.9 Å². The fourth-order valence-electron chi connectivity index (χ4n) is 3.83. The number of carbonyl (C=O) groups excluding carboxylic acids is 2. The summed E-state index contributed by atoms with van der Waals surface area (Å²) >= 11 is 1.40. The van der Waals surface area contributed by atoms with Gasteiger partial charge >= 0.3 is 0 Å². The highest BCUT2D eigenvalue weighted by atomic mass is 32.1. The summed E-state index contributed by atoms with van der Waals surface area (Å²) in [6.07, 6.45) is 3.00. The molecule has 2 amide bonds. The summed E-state index contributed by atoms with van der Waals surface area (Å²) in [4.78, 5) is 27.0. The molecule has 0 saturated carbocycles. The first-order valence-electron chi connectivity index (χ1n) is 10.5. The van der Waals surface area contributed by atoms with Crippen LogP contribution in [0.1, 0.15) is 34.5 Å². The number of rotatable bonds is 7. The smallest absolute Gasteiger partial charge is 0.231 e. The molecular weight excluding hydrogens is 408 g/mol. The molecule has 1 aliphatic heterocycles. The highest BCUT2D eigenvalue weighted by molar-refractivity contribution is 7.15. The topological polar surface area (TPSA) is 75.2 Å². The van der Waals surface area contributed by atoms with E-state index in [0.29, 0.717) is 11.7 Å². The van der Waals surface area contributed by atoms with E-state index in [1.54, 1.807) is 4.90 Å². The summed E-state index contributed by atoms with van der Waals surface area (Å²) < 4.78 is 0. The Kier molecular flexibility index (Phi) is 6.42. The van der Waals surface area contributed by atoms with Crippen molar-refractivity contribution in [1.82, 2.24) is 10.2 Å². The Morgan fingerprint density at radius 3 is 2.74 bits per heavy atom. The van der Waals surface area contributed by atoms with Crippen LogP contribution in [-0.2, 0) is 22.4 Å². The molecular formula is C24H26N4O2S. The van der Waals surface area contributed by atoms with Crippen molar-refractivity contribution in [3.63, 3.8) is 0 Å². The first-order chi connectivity index (χ1) is 15.0. The van der Waals surface area contributed by atoms with Gasteiger partial charge in [0.15, 0.2) is 0 Å². The van der Waals surface area contributed by atoms with Crippen LogP contribution < -0.4 is 10.2 Å². The minimum Gasteiger partial charge on any atom is -0.311 e. The first-order valence-corrected chi connectivity index (χ1v) is 11.4. The number of amides is 2. The van der Waals surface area contributed by atoms with E-state index in [4.69, 9.17) is 0 Å².